The Morgan fingerprint density at radius 1 is 1.00 bits per heavy atom. The minimum absolute atomic E-state index is 0.0148. The number of rotatable bonds is 4. The summed E-state index contributed by atoms with van der Waals surface area (Å²) < 4.78 is 5.11. The second-order valence-corrected chi connectivity index (χ2v) is 7.00. The number of hydrogen-bond acceptors (Lipinski definition) is 3. The summed E-state index contributed by atoms with van der Waals surface area (Å²) in [4.78, 5) is 27.2. The first-order chi connectivity index (χ1) is 13.1. The Morgan fingerprint density at radius 2 is 1.70 bits per heavy atom. The number of nitrogens with one attached hydrogen (secondary N) is 1. The van der Waals surface area contributed by atoms with Gasteiger partial charge in [0.25, 0.3) is 11.8 Å². The molecule has 1 fully saturated rings. The maximum absolute atomic E-state index is 12.8. The summed E-state index contributed by atoms with van der Waals surface area (Å²) in [5.41, 5.74) is 1.54. The summed E-state index contributed by atoms with van der Waals surface area (Å²) in [6.45, 7) is 1.55. The van der Waals surface area contributed by atoms with Gasteiger partial charge in [0.2, 0.25) is 0 Å². The second-order valence-electron chi connectivity index (χ2n) is 6.59. The van der Waals surface area contributed by atoms with Crippen molar-refractivity contribution in [2.24, 2.45) is 0 Å². The molecule has 0 unspecified atom stereocenters. The molecular weight excluding hydrogens is 364 g/mol. The summed E-state index contributed by atoms with van der Waals surface area (Å²) >= 11 is 6.10. The molecular formula is C21H23ClN2O3. The molecule has 0 saturated carbocycles. The van der Waals surface area contributed by atoms with E-state index in [4.69, 9.17) is 16.3 Å². The molecule has 2 amide bonds. The highest BCUT2D eigenvalue weighted by Gasteiger charge is 2.18. The van der Waals surface area contributed by atoms with Gasteiger partial charge >= 0.3 is 0 Å². The normalized spacial score (nSPS) is 14.4. The molecule has 6 heteroatoms. The monoisotopic (exact) mass is 386 g/mol. The van der Waals surface area contributed by atoms with Crippen LogP contribution < -0.4 is 10.1 Å². The van der Waals surface area contributed by atoms with Crippen LogP contribution in [0.5, 0.6) is 5.75 Å². The third kappa shape index (κ3) is 4.80. The summed E-state index contributed by atoms with van der Waals surface area (Å²) in [7, 11) is 1.53. The zero-order valence-corrected chi connectivity index (χ0v) is 16.1. The number of carbonyl (C=O) groups is 2. The number of carbonyl (C=O) groups excluding carboxylic acids is 2. The van der Waals surface area contributed by atoms with Gasteiger partial charge in [0.05, 0.1) is 12.1 Å². The Labute approximate surface area is 164 Å². The topological polar surface area (TPSA) is 58.6 Å². The van der Waals surface area contributed by atoms with E-state index in [-0.39, 0.29) is 11.8 Å². The van der Waals surface area contributed by atoms with Crippen LogP contribution in [0.25, 0.3) is 0 Å². The maximum Gasteiger partial charge on any atom is 0.255 e. The van der Waals surface area contributed by atoms with E-state index in [1.54, 1.807) is 42.5 Å². The van der Waals surface area contributed by atoms with E-state index in [1.807, 2.05) is 4.90 Å². The summed E-state index contributed by atoms with van der Waals surface area (Å²) in [6, 6.07) is 11.9. The molecule has 142 valence electrons. The van der Waals surface area contributed by atoms with Crippen molar-refractivity contribution in [1.29, 1.82) is 0 Å². The van der Waals surface area contributed by atoms with E-state index in [0.29, 0.717) is 27.6 Å². The van der Waals surface area contributed by atoms with Crippen molar-refractivity contribution in [2.45, 2.75) is 25.7 Å². The molecule has 1 saturated heterocycles. The first-order valence-electron chi connectivity index (χ1n) is 9.13. The van der Waals surface area contributed by atoms with E-state index >= 15 is 0 Å². The van der Waals surface area contributed by atoms with Gasteiger partial charge in [-0.15, -0.1) is 0 Å². The van der Waals surface area contributed by atoms with Crippen molar-refractivity contribution in [3.05, 3.63) is 58.6 Å². The van der Waals surface area contributed by atoms with E-state index in [2.05, 4.69) is 5.32 Å². The average Bonchev–Trinajstić information content (AvgIpc) is 2.97. The Balaban J connectivity index is 1.73. The number of benzene rings is 2. The molecule has 2 aromatic carbocycles. The van der Waals surface area contributed by atoms with Gasteiger partial charge in [-0.05, 0) is 49.2 Å². The summed E-state index contributed by atoms with van der Waals surface area (Å²) in [6.07, 6.45) is 4.39. The van der Waals surface area contributed by atoms with Gasteiger partial charge in [0.1, 0.15) is 5.75 Å². The van der Waals surface area contributed by atoms with E-state index in [0.717, 1.165) is 38.8 Å². The molecule has 0 radical (unpaired) electrons. The highest BCUT2D eigenvalue weighted by molar-refractivity contribution is 6.32. The van der Waals surface area contributed by atoms with Crippen molar-refractivity contribution in [1.82, 2.24) is 4.90 Å². The number of ether oxygens (including phenoxy) is 1. The van der Waals surface area contributed by atoms with Crippen LogP contribution in [-0.4, -0.2) is 36.9 Å². The van der Waals surface area contributed by atoms with Crippen molar-refractivity contribution < 1.29 is 14.3 Å². The first-order valence-corrected chi connectivity index (χ1v) is 9.50. The van der Waals surface area contributed by atoms with Crippen LogP contribution in [0.1, 0.15) is 46.4 Å². The standard InChI is InChI=1S/C21H23ClN2O3/c1-27-19-10-9-17(14-18(19)22)23-20(25)15-7-6-8-16(13-15)21(26)24-11-4-2-3-5-12-24/h6-10,13-14H,2-5,11-12H2,1H3,(H,23,25). The molecule has 5 nitrogen and oxygen atoms in total. The van der Waals surface area contributed by atoms with Crippen LogP contribution in [0.2, 0.25) is 5.02 Å². The van der Waals surface area contributed by atoms with Gasteiger partial charge in [-0.25, -0.2) is 0 Å². The number of nitrogens with zero attached hydrogens (tertiary/aromatic N) is 1. The third-order valence-corrected chi connectivity index (χ3v) is 4.97. The van der Waals surface area contributed by atoms with Gasteiger partial charge in [-0.3, -0.25) is 9.59 Å². The van der Waals surface area contributed by atoms with E-state index in [9.17, 15) is 9.59 Å². The Morgan fingerprint density at radius 3 is 2.37 bits per heavy atom. The summed E-state index contributed by atoms with van der Waals surface area (Å²) in [5, 5.41) is 3.22. The molecule has 0 aromatic heterocycles. The fourth-order valence-electron chi connectivity index (χ4n) is 3.20. The molecule has 1 N–H and O–H groups in total. The highest BCUT2D eigenvalue weighted by atomic mass is 35.5. The number of methoxy groups -OCH3 is 1. The molecule has 2 aromatic rings. The van der Waals surface area contributed by atoms with Gasteiger partial charge in [-0.1, -0.05) is 30.5 Å². The third-order valence-electron chi connectivity index (χ3n) is 4.67. The molecule has 1 aliphatic rings. The molecule has 0 bridgehead atoms. The van der Waals surface area contributed by atoms with Crippen molar-refractivity contribution in [2.75, 3.05) is 25.5 Å². The molecule has 3 rings (SSSR count). The lowest BCUT2D eigenvalue weighted by Gasteiger charge is -2.20. The molecule has 0 aliphatic carbocycles. The Bertz CT molecular complexity index is 830. The maximum atomic E-state index is 12.8. The van der Waals surface area contributed by atoms with Gasteiger partial charge in [0.15, 0.2) is 0 Å². The number of anilines is 1. The Kier molecular flexibility index (Phi) is 6.35. The number of hydrogen-bond donors (Lipinski definition) is 1. The average molecular weight is 387 g/mol. The molecule has 1 aliphatic heterocycles. The minimum atomic E-state index is -0.290. The fraction of sp³-hybridized carbons (Fsp3) is 0.333. The van der Waals surface area contributed by atoms with E-state index in [1.165, 1.54) is 7.11 Å². The second kappa shape index (κ2) is 8.91. The number of halogens is 1. The fourth-order valence-corrected chi connectivity index (χ4v) is 3.45. The van der Waals surface area contributed by atoms with Gasteiger partial charge < -0.3 is 15.0 Å². The van der Waals surface area contributed by atoms with E-state index < -0.39 is 0 Å². The lowest BCUT2D eigenvalue weighted by Crippen LogP contribution is -2.32. The smallest absolute Gasteiger partial charge is 0.255 e. The van der Waals surface area contributed by atoms with Crippen LogP contribution in [0.15, 0.2) is 42.5 Å². The van der Waals surface area contributed by atoms with Gasteiger partial charge in [-0.2, -0.15) is 0 Å². The zero-order valence-electron chi connectivity index (χ0n) is 15.3. The predicted octanol–water partition coefficient (Wildman–Crippen LogP) is 4.62. The highest BCUT2D eigenvalue weighted by Crippen LogP contribution is 2.27. The molecule has 27 heavy (non-hydrogen) atoms. The summed E-state index contributed by atoms with van der Waals surface area (Å²) in [5.74, 6) is 0.237. The van der Waals surface area contributed by atoms with Crippen molar-refractivity contribution >= 4 is 29.1 Å². The van der Waals surface area contributed by atoms with Crippen LogP contribution in [0.4, 0.5) is 5.69 Å². The van der Waals surface area contributed by atoms with Crippen LogP contribution >= 0.6 is 11.6 Å². The molecule has 0 spiro atoms. The predicted molar refractivity (Wildman–Crippen MR) is 107 cm³/mol. The van der Waals surface area contributed by atoms with Crippen molar-refractivity contribution in [3.8, 4) is 5.75 Å². The number of amides is 2. The SMILES string of the molecule is COc1ccc(NC(=O)c2cccc(C(=O)N3CCCCCC3)c2)cc1Cl. The lowest BCUT2D eigenvalue weighted by molar-refractivity contribution is 0.0761. The Hall–Kier alpha value is -2.53. The van der Waals surface area contributed by atoms with Gasteiger partial charge in [0, 0.05) is 29.9 Å². The quantitative estimate of drug-likeness (QED) is 0.834. The largest absolute Gasteiger partial charge is 0.495 e. The zero-order chi connectivity index (χ0) is 19.2. The first kappa shape index (κ1) is 19.2. The van der Waals surface area contributed by atoms with Crippen molar-refractivity contribution in [3.63, 3.8) is 0 Å². The van der Waals surface area contributed by atoms with Crippen LogP contribution in [0.3, 0.4) is 0 Å². The van der Waals surface area contributed by atoms with Crippen LogP contribution in [0, 0.1) is 0 Å². The minimum Gasteiger partial charge on any atom is -0.495 e. The molecule has 0 atom stereocenters. The van der Waals surface area contributed by atoms with Crippen LogP contribution in [-0.2, 0) is 0 Å². The molecule has 1 heterocycles. The lowest BCUT2D eigenvalue weighted by atomic mass is 10.1. The number of likely N-dealkylation sites (tertiary alicyclic amines) is 1.